The minimum absolute atomic E-state index is 0.0998. The Hall–Kier alpha value is -1.88. The number of aromatic nitrogens is 1. The van der Waals surface area contributed by atoms with Crippen molar-refractivity contribution < 1.29 is 4.79 Å². The highest BCUT2D eigenvalue weighted by Gasteiger charge is 2.05. The maximum Gasteiger partial charge on any atom is 0.244 e. The molecule has 0 radical (unpaired) electrons. The summed E-state index contributed by atoms with van der Waals surface area (Å²) in [6.45, 7) is 1.18. The summed E-state index contributed by atoms with van der Waals surface area (Å²) in [4.78, 5) is 19.9. The minimum Gasteiger partial charge on any atom is -0.376 e. The number of likely N-dealkylation sites (N-methyl/N-ethyl adjacent to an activating group) is 1. The molecule has 0 aliphatic rings. The van der Waals surface area contributed by atoms with E-state index in [-0.39, 0.29) is 5.91 Å². The second kappa shape index (κ2) is 7.53. The van der Waals surface area contributed by atoms with Gasteiger partial charge >= 0.3 is 0 Å². The second-order valence-corrected chi connectivity index (χ2v) is 4.75. The van der Waals surface area contributed by atoms with Crippen molar-refractivity contribution in [3.05, 3.63) is 36.2 Å². The van der Waals surface area contributed by atoms with Gasteiger partial charge in [-0.2, -0.15) is 0 Å². The van der Waals surface area contributed by atoms with Gasteiger partial charge in [0.15, 0.2) is 0 Å². The van der Waals surface area contributed by atoms with Crippen LogP contribution in [0.15, 0.2) is 30.5 Å². The van der Waals surface area contributed by atoms with Crippen LogP contribution in [0, 0.1) is 0 Å². The maximum atomic E-state index is 11.6. The standard InChI is InChI=1S/C14H22N4O/c1-17(2)10-6-8-14(19)16-11-12-13(18(3)4)7-5-9-15-12/h5-9H,10-11H2,1-4H3,(H,16,19)/b8-6+. The Kier molecular flexibility index (Phi) is 6.02. The number of anilines is 1. The first-order valence-corrected chi connectivity index (χ1v) is 6.21. The van der Waals surface area contributed by atoms with Crippen LogP contribution in [0.2, 0.25) is 0 Å². The van der Waals surface area contributed by atoms with Crippen LogP contribution in [-0.4, -0.2) is 50.5 Å². The van der Waals surface area contributed by atoms with Crippen LogP contribution < -0.4 is 10.2 Å². The maximum absolute atomic E-state index is 11.6. The molecule has 1 heterocycles. The van der Waals surface area contributed by atoms with Crippen molar-refractivity contribution in [1.82, 2.24) is 15.2 Å². The zero-order chi connectivity index (χ0) is 14.3. The molecule has 1 N–H and O–H groups in total. The van der Waals surface area contributed by atoms with Gasteiger partial charge in [-0.3, -0.25) is 9.78 Å². The van der Waals surface area contributed by atoms with E-state index in [1.807, 2.05) is 56.2 Å². The summed E-state index contributed by atoms with van der Waals surface area (Å²) in [6, 6.07) is 3.87. The summed E-state index contributed by atoms with van der Waals surface area (Å²) in [5.41, 5.74) is 1.88. The predicted molar refractivity (Wildman–Crippen MR) is 78.1 cm³/mol. The third-order valence-corrected chi connectivity index (χ3v) is 2.52. The van der Waals surface area contributed by atoms with Crippen LogP contribution in [0.25, 0.3) is 0 Å². The monoisotopic (exact) mass is 262 g/mol. The Morgan fingerprint density at radius 3 is 2.74 bits per heavy atom. The molecule has 0 aliphatic carbocycles. The number of pyridine rings is 1. The van der Waals surface area contributed by atoms with Gasteiger partial charge in [-0.15, -0.1) is 0 Å². The van der Waals surface area contributed by atoms with Crippen molar-refractivity contribution in [3.8, 4) is 0 Å². The molecular weight excluding hydrogens is 240 g/mol. The van der Waals surface area contributed by atoms with Gasteiger partial charge in [-0.1, -0.05) is 6.08 Å². The number of nitrogens with zero attached hydrogens (tertiary/aromatic N) is 3. The topological polar surface area (TPSA) is 48.5 Å². The van der Waals surface area contributed by atoms with Crippen LogP contribution in [0.5, 0.6) is 0 Å². The van der Waals surface area contributed by atoms with Crippen molar-refractivity contribution in [2.75, 3.05) is 39.6 Å². The lowest BCUT2D eigenvalue weighted by atomic mass is 10.2. The van der Waals surface area contributed by atoms with Gasteiger partial charge in [0.05, 0.1) is 17.9 Å². The van der Waals surface area contributed by atoms with Gasteiger partial charge in [-0.25, -0.2) is 0 Å². The van der Waals surface area contributed by atoms with Crippen molar-refractivity contribution in [2.24, 2.45) is 0 Å². The molecule has 0 aromatic carbocycles. The molecule has 0 saturated carbocycles. The van der Waals surface area contributed by atoms with Crippen LogP contribution in [-0.2, 0) is 11.3 Å². The van der Waals surface area contributed by atoms with Gasteiger partial charge in [0.2, 0.25) is 5.91 Å². The zero-order valence-corrected chi connectivity index (χ0v) is 12.1. The molecule has 0 aliphatic heterocycles. The predicted octanol–water partition coefficient (Wildman–Crippen LogP) is 0.882. The van der Waals surface area contributed by atoms with E-state index in [0.717, 1.165) is 17.9 Å². The van der Waals surface area contributed by atoms with E-state index in [9.17, 15) is 4.79 Å². The van der Waals surface area contributed by atoms with E-state index < -0.39 is 0 Å². The molecule has 0 atom stereocenters. The lowest BCUT2D eigenvalue weighted by Gasteiger charge is -2.16. The molecule has 0 spiro atoms. The molecule has 1 aromatic heterocycles. The summed E-state index contributed by atoms with van der Waals surface area (Å²) in [5.74, 6) is -0.0998. The molecule has 5 nitrogen and oxygen atoms in total. The Morgan fingerprint density at radius 1 is 1.37 bits per heavy atom. The van der Waals surface area contributed by atoms with Crippen molar-refractivity contribution in [1.29, 1.82) is 0 Å². The van der Waals surface area contributed by atoms with Gasteiger partial charge < -0.3 is 15.1 Å². The third-order valence-electron chi connectivity index (χ3n) is 2.52. The van der Waals surface area contributed by atoms with Crippen molar-refractivity contribution in [2.45, 2.75) is 6.54 Å². The van der Waals surface area contributed by atoms with Gasteiger partial charge in [0.25, 0.3) is 0 Å². The van der Waals surface area contributed by atoms with Crippen molar-refractivity contribution in [3.63, 3.8) is 0 Å². The smallest absolute Gasteiger partial charge is 0.244 e. The fraction of sp³-hybridized carbons (Fsp3) is 0.429. The highest BCUT2D eigenvalue weighted by molar-refractivity contribution is 5.87. The summed E-state index contributed by atoms with van der Waals surface area (Å²) < 4.78 is 0. The van der Waals surface area contributed by atoms with E-state index >= 15 is 0 Å². The number of nitrogens with one attached hydrogen (secondary N) is 1. The highest BCUT2D eigenvalue weighted by atomic mass is 16.1. The lowest BCUT2D eigenvalue weighted by molar-refractivity contribution is -0.116. The molecule has 0 bridgehead atoms. The van der Waals surface area contributed by atoms with Gasteiger partial charge in [-0.05, 0) is 26.2 Å². The number of hydrogen-bond donors (Lipinski definition) is 1. The Balaban J connectivity index is 2.53. The first-order valence-electron chi connectivity index (χ1n) is 6.21. The molecule has 0 unspecified atom stereocenters. The van der Waals surface area contributed by atoms with Gasteiger partial charge in [0.1, 0.15) is 0 Å². The molecule has 104 valence electrons. The Labute approximate surface area is 114 Å². The van der Waals surface area contributed by atoms with E-state index in [0.29, 0.717) is 6.54 Å². The van der Waals surface area contributed by atoms with Crippen LogP contribution in [0.3, 0.4) is 0 Å². The third kappa shape index (κ3) is 5.52. The molecule has 19 heavy (non-hydrogen) atoms. The van der Waals surface area contributed by atoms with Crippen LogP contribution >= 0.6 is 0 Å². The molecule has 0 fully saturated rings. The van der Waals surface area contributed by atoms with Crippen LogP contribution in [0.4, 0.5) is 5.69 Å². The first kappa shape index (κ1) is 15.2. The quantitative estimate of drug-likeness (QED) is 0.773. The fourth-order valence-electron chi connectivity index (χ4n) is 1.57. The van der Waals surface area contributed by atoms with E-state index in [1.54, 1.807) is 12.3 Å². The summed E-state index contributed by atoms with van der Waals surface area (Å²) >= 11 is 0. The van der Waals surface area contributed by atoms with E-state index in [4.69, 9.17) is 0 Å². The Morgan fingerprint density at radius 2 is 2.11 bits per heavy atom. The highest BCUT2D eigenvalue weighted by Crippen LogP contribution is 2.14. The van der Waals surface area contributed by atoms with Gasteiger partial charge in [0, 0.05) is 32.9 Å². The molecular formula is C14H22N4O. The van der Waals surface area contributed by atoms with E-state index in [1.165, 1.54) is 0 Å². The number of amides is 1. The van der Waals surface area contributed by atoms with E-state index in [2.05, 4.69) is 10.3 Å². The number of carbonyl (C=O) groups is 1. The molecule has 1 rings (SSSR count). The number of carbonyl (C=O) groups excluding carboxylic acids is 1. The summed E-state index contributed by atoms with van der Waals surface area (Å²) in [5, 5.41) is 2.83. The average molecular weight is 262 g/mol. The molecule has 0 saturated heterocycles. The molecule has 5 heteroatoms. The first-order chi connectivity index (χ1) is 9.00. The lowest BCUT2D eigenvalue weighted by Crippen LogP contribution is -2.23. The normalized spacial score (nSPS) is 11.0. The van der Waals surface area contributed by atoms with Crippen molar-refractivity contribution >= 4 is 11.6 Å². The second-order valence-electron chi connectivity index (χ2n) is 4.75. The fourth-order valence-corrected chi connectivity index (χ4v) is 1.57. The number of rotatable bonds is 6. The minimum atomic E-state index is -0.0998. The SMILES string of the molecule is CN(C)C/C=C/C(=O)NCc1ncccc1N(C)C. The van der Waals surface area contributed by atoms with Crippen LogP contribution in [0.1, 0.15) is 5.69 Å². The summed E-state index contributed by atoms with van der Waals surface area (Å²) in [6.07, 6.45) is 5.12. The zero-order valence-electron chi connectivity index (χ0n) is 12.1. The molecule has 1 aromatic rings. The molecule has 1 amide bonds. The Bertz CT molecular complexity index is 441. The number of hydrogen-bond acceptors (Lipinski definition) is 4. The largest absolute Gasteiger partial charge is 0.376 e. The summed E-state index contributed by atoms with van der Waals surface area (Å²) in [7, 11) is 7.83. The average Bonchev–Trinajstić information content (AvgIpc) is 2.36.